The molecule has 1 aromatic heterocycles. The molecular weight excluding hydrogens is 229 g/mol. The molecule has 0 atom stereocenters. The summed E-state index contributed by atoms with van der Waals surface area (Å²) in [6, 6.07) is 13.9. The SMILES string of the molecule is O=C1c2ccc(F)cc2-c2cc3ccccc3n21. The van der Waals surface area contributed by atoms with Gasteiger partial charge in [0.1, 0.15) is 5.82 Å². The van der Waals surface area contributed by atoms with E-state index >= 15 is 0 Å². The van der Waals surface area contributed by atoms with Crippen LogP contribution in [0.25, 0.3) is 22.2 Å². The lowest BCUT2D eigenvalue weighted by Gasteiger charge is -1.98. The zero-order chi connectivity index (χ0) is 12.3. The lowest BCUT2D eigenvalue weighted by Crippen LogP contribution is -2.05. The van der Waals surface area contributed by atoms with Gasteiger partial charge in [0.15, 0.2) is 0 Å². The summed E-state index contributed by atoms with van der Waals surface area (Å²) in [4.78, 5) is 12.3. The van der Waals surface area contributed by atoms with E-state index in [0.717, 1.165) is 16.6 Å². The van der Waals surface area contributed by atoms with Gasteiger partial charge in [-0.2, -0.15) is 0 Å². The van der Waals surface area contributed by atoms with E-state index in [1.165, 1.54) is 12.1 Å². The number of fused-ring (bicyclic) bond motifs is 5. The van der Waals surface area contributed by atoms with Gasteiger partial charge in [0.05, 0.1) is 11.2 Å². The second kappa shape index (κ2) is 3.07. The Labute approximate surface area is 102 Å². The molecule has 0 bridgehead atoms. The summed E-state index contributed by atoms with van der Waals surface area (Å²) >= 11 is 0. The molecule has 0 unspecified atom stereocenters. The van der Waals surface area contributed by atoms with Gasteiger partial charge in [0, 0.05) is 16.5 Å². The molecule has 0 saturated heterocycles. The highest BCUT2D eigenvalue weighted by Gasteiger charge is 2.28. The van der Waals surface area contributed by atoms with Gasteiger partial charge in [-0.3, -0.25) is 9.36 Å². The zero-order valence-corrected chi connectivity index (χ0v) is 9.35. The van der Waals surface area contributed by atoms with E-state index < -0.39 is 0 Å². The summed E-state index contributed by atoms with van der Waals surface area (Å²) in [5, 5.41) is 0.996. The van der Waals surface area contributed by atoms with E-state index in [-0.39, 0.29) is 11.7 Å². The molecule has 0 N–H and O–H groups in total. The average Bonchev–Trinajstić information content (AvgIpc) is 2.87. The van der Waals surface area contributed by atoms with Crippen LogP contribution in [0.1, 0.15) is 10.4 Å². The predicted molar refractivity (Wildman–Crippen MR) is 67.1 cm³/mol. The monoisotopic (exact) mass is 237 g/mol. The van der Waals surface area contributed by atoms with Crippen molar-refractivity contribution in [3.05, 3.63) is 59.9 Å². The maximum Gasteiger partial charge on any atom is 0.263 e. The van der Waals surface area contributed by atoms with Gasteiger partial charge < -0.3 is 0 Å². The van der Waals surface area contributed by atoms with Gasteiger partial charge in [0.2, 0.25) is 0 Å². The minimum Gasteiger partial charge on any atom is -0.276 e. The molecule has 2 nitrogen and oxygen atoms in total. The lowest BCUT2D eigenvalue weighted by molar-refractivity contribution is 0.0973. The fourth-order valence-electron chi connectivity index (χ4n) is 2.61. The molecule has 2 aromatic carbocycles. The highest BCUT2D eigenvalue weighted by atomic mass is 19.1. The first-order valence-electron chi connectivity index (χ1n) is 5.71. The van der Waals surface area contributed by atoms with Gasteiger partial charge >= 0.3 is 0 Å². The summed E-state index contributed by atoms with van der Waals surface area (Å²) in [6.07, 6.45) is 0. The number of benzene rings is 2. The smallest absolute Gasteiger partial charge is 0.263 e. The van der Waals surface area contributed by atoms with Crippen LogP contribution in [0.2, 0.25) is 0 Å². The van der Waals surface area contributed by atoms with Crippen LogP contribution in [-0.2, 0) is 0 Å². The van der Waals surface area contributed by atoms with Crippen LogP contribution in [0.5, 0.6) is 0 Å². The van der Waals surface area contributed by atoms with Crippen LogP contribution in [0.3, 0.4) is 0 Å². The summed E-state index contributed by atoms with van der Waals surface area (Å²) in [6.45, 7) is 0. The van der Waals surface area contributed by atoms with Crippen LogP contribution in [-0.4, -0.2) is 10.5 Å². The molecule has 3 aromatic rings. The molecule has 86 valence electrons. The van der Waals surface area contributed by atoms with E-state index in [1.54, 1.807) is 10.6 Å². The Hall–Kier alpha value is -2.42. The number of carbonyl (C=O) groups is 1. The summed E-state index contributed by atoms with van der Waals surface area (Å²) in [5.41, 5.74) is 2.89. The Morgan fingerprint density at radius 2 is 1.78 bits per heavy atom. The number of carbonyl (C=O) groups excluding carboxylic acids is 1. The van der Waals surface area contributed by atoms with Gasteiger partial charge in [-0.05, 0) is 30.3 Å². The summed E-state index contributed by atoms with van der Waals surface area (Å²) in [7, 11) is 0. The van der Waals surface area contributed by atoms with Crippen LogP contribution in [0.4, 0.5) is 4.39 Å². The highest BCUT2D eigenvalue weighted by Crippen LogP contribution is 2.37. The molecule has 0 amide bonds. The lowest BCUT2D eigenvalue weighted by atomic mass is 10.1. The van der Waals surface area contributed by atoms with Gasteiger partial charge in [0.25, 0.3) is 5.91 Å². The Kier molecular flexibility index (Phi) is 1.64. The largest absolute Gasteiger partial charge is 0.276 e. The molecular formula is C15H8FNO. The van der Waals surface area contributed by atoms with E-state index in [0.29, 0.717) is 11.1 Å². The van der Waals surface area contributed by atoms with Crippen LogP contribution in [0, 0.1) is 5.82 Å². The van der Waals surface area contributed by atoms with Gasteiger partial charge in [-0.25, -0.2) is 4.39 Å². The molecule has 0 saturated carbocycles. The second-order valence-corrected chi connectivity index (χ2v) is 4.42. The van der Waals surface area contributed by atoms with Crippen molar-refractivity contribution in [1.29, 1.82) is 0 Å². The Morgan fingerprint density at radius 3 is 2.67 bits per heavy atom. The van der Waals surface area contributed by atoms with Crippen molar-refractivity contribution in [1.82, 2.24) is 4.57 Å². The number of hydrogen-bond acceptors (Lipinski definition) is 1. The first-order valence-corrected chi connectivity index (χ1v) is 5.71. The summed E-state index contributed by atoms with van der Waals surface area (Å²) < 4.78 is 15.0. The Bertz CT molecular complexity index is 816. The molecule has 0 spiro atoms. The third kappa shape index (κ3) is 1.03. The minimum absolute atomic E-state index is 0.0822. The average molecular weight is 237 g/mol. The van der Waals surface area contributed by atoms with Crippen molar-refractivity contribution in [3.8, 4) is 11.3 Å². The summed E-state index contributed by atoms with van der Waals surface area (Å²) in [5.74, 6) is -0.401. The van der Waals surface area contributed by atoms with Crippen molar-refractivity contribution in [3.63, 3.8) is 0 Å². The molecule has 3 heteroatoms. The molecule has 0 aliphatic carbocycles. The minimum atomic E-state index is -0.319. The second-order valence-electron chi connectivity index (χ2n) is 4.42. The first kappa shape index (κ1) is 9.59. The molecule has 1 aliphatic heterocycles. The van der Waals surface area contributed by atoms with Crippen LogP contribution in [0.15, 0.2) is 48.5 Å². The first-order chi connectivity index (χ1) is 8.75. The van der Waals surface area contributed by atoms with Crippen molar-refractivity contribution >= 4 is 16.8 Å². The molecule has 18 heavy (non-hydrogen) atoms. The van der Waals surface area contributed by atoms with E-state index in [9.17, 15) is 9.18 Å². The quantitative estimate of drug-likeness (QED) is 0.459. The number of rotatable bonds is 0. The number of nitrogens with zero attached hydrogens (tertiary/aromatic N) is 1. The zero-order valence-electron chi connectivity index (χ0n) is 9.35. The Morgan fingerprint density at radius 1 is 0.944 bits per heavy atom. The molecule has 4 rings (SSSR count). The van der Waals surface area contributed by atoms with Crippen LogP contribution < -0.4 is 0 Å². The number of para-hydroxylation sites is 1. The van der Waals surface area contributed by atoms with Gasteiger partial charge in [-0.15, -0.1) is 0 Å². The normalized spacial score (nSPS) is 12.8. The van der Waals surface area contributed by atoms with E-state index in [1.807, 2.05) is 30.3 Å². The van der Waals surface area contributed by atoms with Crippen molar-refractivity contribution in [2.75, 3.05) is 0 Å². The molecule has 1 aliphatic rings. The van der Waals surface area contributed by atoms with E-state index in [4.69, 9.17) is 0 Å². The molecule has 0 fully saturated rings. The fourth-order valence-corrected chi connectivity index (χ4v) is 2.61. The fraction of sp³-hybridized carbons (Fsp3) is 0. The van der Waals surface area contributed by atoms with Gasteiger partial charge in [-0.1, -0.05) is 18.2 Å². The van der Waals surface area contributed by atoms with Crippen molar-refractivity contribution in [2.24, 2.45) is 0 Å². The Balaban J connectivity index is 2.16. The highest BCUT2D eigenvalue weighted by molar-refractivity contribution is 6.14. The number of halogens is 1. The topological polar surface area (TPSA) is 22.0 Å². The van der Waals surface area contributed by atoms with Crippen molar-refractivity contribution < 1.29 is 9.18 Å². The number of aromatic nitrogens is 1. The maximum atomic E-state index is 13.3. The predicted octanol–water partition coefficient (Wildman–Crippen LogP) is 3.45. The maximum absolute atomic E-state index is 13.3. The molecule has 2 heterocycles. The van der Waals surface area contributed by atoms with Crippen LogP contribution >= 0.6 is 0 Å². The molecule has 0 radical (unpaired) electrons. The third-order valence-corrected chi connectivity index (χ3v) is 3.40. The standard InChI is InChI=1S/C15H8FNO/c16-10-5-6-11-12(8-10)14-7-9-3-1-2-4-13(9)17(14)15(11)18/h1-8H. The van der Waals surface area contributed by atoms with E-state index in [2.05, 4.69) is 0 Å². The number of hydrogen-bond donors (Lipinski definition) is 0. The van der Waals surface area contributed by atoms with Crippen molar-refractivity contribution in [2.45, 2.75) is 0 Å². The third-order valence-electron chi connectivity index (χ3n) is 3.40.